The Balaban J connectivity index is 2.27. The van der Waals surface area contributed by atoms with Crippen LogP contribution in [-0.4, -0.2) is 36.8 Å². The van der Waals surface area contributed by atoms with Gasteiger partial charge in [0.15, 0.2) is 0 Å². The Kier molecular flexibility index (Phi) is 3.77. The predicted octanol–water partition coefficient (Wildman–Crippen LogP) is 1.70. The number of aromatic nitrogens is 1. The van der Waals surface area contributed by atoms with Crippen molar-refractivity contribution in [1.29, 1.82) is 0 Å². The van der Waals surface area contributed by atoms with Crippen molar-refractivity contribution >= 4 is 46.3 Å². The van der Waals surface area contributed by atoms with Gasteiger partial charge in [-0.15, -0.1) is 0 Å². The van der Waals surface area contributed by atoms with E-state index in [1.807, 2.05) is 30.1 Å². The quantitative estimate of drug-likeness (QED) is 0.679. The third kappa shape index (κ3) is 2.71. The molecule has 1 aromatic heterocycles. The van der Waals surface area contributed by atoms with E-state index >= 15 is 0 Å². The summed E-state index contributed by atoms with van der Waals surface area (Å²) in [5, 5.41) is 8.97. The van der Waals surface area contributed by atoms with Crippen LogP contribution >= 0.6 is 24.0 Å². The fraction of sp³-hybridized carbons (Fsp3) is 0.250. The number of thioether (sulfide) groups is 1. The third-order valence-electron chi connectivity index (χ3n) is 2.72. The lowest BCUT2D eigenvalue weighted by Crippen LogP contribution is -2.41. The summed E-state index contributed by atoms with van der Waals surface area (Å²) in [4.78, 5) is 24.7. The molecule has 19 heavy (non-hydrogen) atoms. The smallest absolute Gasteiger partial charge is 0.326 e. The minimum atomic E-state index is -1.07. The average Bonchev–Trinajstić information content (AvgIpc) is 2.84. The van der Waals surface area contributed by atoms with Gasteiger partial charge >= 0.3 is 5.97 Å². The minimum absolute atomic E-state index is 0.280. The van der Waals surface area contributed by atoms with Crippen molar-refractivity contribution < 1.29 is 14.7 Å². The van der Waals surface area contributed by atoms with E-state index in [1.165, 1.54) is 6.92 Å². The molecule has 1 fully saturated rings. The number of aliphatic carboxylic acids is 1. The number of carbonyl (C=O) groups is 2. The van der Waals surface area contributed by atoms with Crippen LogP contribution in [0.4, 0.5) is 0 Å². The first-order chi connectivity index (χ1) is 8.90. The molecule has 1 saturated heterocycles. The van der Waals surface area contributed by atoms with Gasteiger partial charge in [-0.2, -0.15) is 0 Å². The molecule has 1 atom stereocenters. The van der Waals surface area contributed by atoms with Gasteiger partial charge in [0.25, 0.3) is 5.91 Å². The van der Waals surface area contributed by atoms with Gasteiger partial charge in [-0.3, -0.25) is 9.69 Å². The van der Waals surface area contributed by atoms with Gasteiger partial charge in [0.05, 0.1) is 4.91 Å². The Morgan fingerprint density at radius 2 is 2.26 bits per heavy atom. The van der Waals surface area contributed by atoms with Crippen molar-refractivity contribution in [2.24, 2.45) is 7.05 Å². The van der Waals surface area contributed by atoms with Crippen LogP contribution in [-0.2, 0) is 16.6 Å². The van der Waals surface area contributed by atoms with Gasteiger partial charge in [-0.05, 0) is 24.6 Å². The summed E-state index contributed by atoms with van der Waals surface area (Å²) in [5.74, 6) is -1.42. The lowest BCUT2D eigenvalue weighted by Gasteiger charge is -2.18. The summed E-state index contributed by atoms with van der Waals surface area (Å²) in [6.07, 6.45) is 5.45. The summed E-state index contributed by atoms with van der Waals surface area (Å²) in [7, 11) is 1.88. The maximum atomic E-state index is 12.2. The van der Waals surface area contributed by atoms with Gasteiger partial charge in [-0.25, -0.2) is 4.79 Å². The molecule has 5 nitrogen and oxygen atoms in total. The number of carboxylic acids is 1. The maximum Gasteiger partial charge on any atom is 0.326 e. The van der Waals surface area contributed by atoms with E-state index in [0.717, 1.165) is 22.2 Å². The van der Waals surface area contributed by atoms with E-state index < -0.39 is 12.0 Å². The van der Waals surface area contributed by atoms with Crippen LogP contribution in [0.15, 0.2) is 23.4 Å². The molecule has 2 rings (SSSR count). The Morgan fingerprint density at radius 3 is 2.79 bits per heavy atom. The number of nitrogens with zero attached hydrogens (tertiary/aromatic N) is 2. The van der Waals surface area contributed by atoms with Gasteiger partial charge in [0, 0.05) is 19.4 Å². The highest BCUT2D eigenvalue weighted by Gasteiger charge is 2.38. The monoisotopic (exact) mass is 296 g/mol. The number of aryl methyl sites for hydroxylation is 1. The zero-order valence-corrected chi connectivity index (χ0v) is 12.0. The molecule has 0 bridgehead atoms. The van der Waals surface area contributed by atoms with E-state index in [4.69, 9.17) is 17.3 Å². The highest BCUT2D eigenvalue weighted by molar-refractivity contribution is 8.26. The largest absolute Gasteiger partial charge is 0.480 e. The Bertz CT molecular complexity index is 592. The van der Waals surface area contributed by atoms with Crippen LogP contribution in [0.2, 0.25) is 0 Å². The van der Waals surface area contributed by atoms with Crippen molar-refractivity contribution in [1.82, 2.24) is 9.47 Å². The number of rotatable bonds is 3. The number of thiocarbonyl (C=S) groups is 1. The first kappa shape index (κ1) is 13.8. The fourth-order valence-electron chi connectivity index (χ4n) is 1.69. The van der Waals surface area contributed by atoms with Crippen molar-refractivity contribution in [2.75, 3.05) is 0 Å². The molecular weight excluding hydrogens is 284 g/mol. The number of hydrogen-bond donors (Lipinski definition) is 1. The second kappa shape index (κ2) is 5.18. The summed E-state index contributed by atoms with van der Waals surface area (Å²) >= 11 is 6.20. The van der Waals surface area contributed by atoms with E-state index in [1.54, 1.807) is 6.08 Å². The minimum Gasteiger partial charge on any atom is -0.480 e. The number of carbonyl (C=O) groups excluding carboxylic acids is 1. The van der Waals surface area contributed by atoms with Crippen LogP contribution in [0.5, 0.6) is 0 Å². The third-order valence-corrected chi connectivity index (χ3v) is 4.05. The summed E-state index contributed by atoms with van der Waals surface area (Å²) < 4.78 is 2.15. The molecule has 1 aliphatic heterocycles. The van der Waals surface area contributed by atoms with E-state index in [2.05, 4.69) is 0 Å². The molecule has 2 heterocycles. The predicted molar refractivity (Wildman–Crippen MR) is 77.5 cm³/mol. The molecule has 0 unspecified atom stereocenters. The van der Waals surface area contributed by atoms with Crippen LogP contribution in [0.3, 0.4) is 0 Å². The fourth-order valence-corrected chi connectivity index (χ4v) is 3.10. The van der Waals surface area contributed by atoms with Crippen LogP contribution in [0.25, 0.3) is 6.08 Å². The molecular formula is C12H12N2O3S2. The van der Waals surface area contributed by atoms with Gasteiger partial charge < -0.3 is 9.67 Å². The number of hydrogen-bond acceptors (Lipinski definition) is 4. The first-order valence-corrected chi connectivity index (χ1v) is 6.74. The zero-order valence-electron chi connectivity index (χ0n) is 10.4. The zero-order chi connectivity index (χ0) is 14.2. The summed E-state index contributed by atoms with van der Waals surface area (Å²) in [6, 6.07) is 0.918. The second-order valence-corrected chi connectivity index (χ2v) is 5.85. The normalized spacial score (nSPS) is 19.3. The Labute approximate surface area is 119 Å². The van der Waals surface area contributed by atoms with Crippen molar-refractivity contribution in [3.63, 3.8) is 0 Å². The van der Waals surface area contributed by atoms with E-state index in [-0.39, 0.29) is 10.2 Å². The molecule has 1 amide bonds. The lowest BCUT2D eigenvalue weighted by atomic mass is 10.2. The van der Waals surface area contributed by atoms with Crippen LogP contribution < -0.4 is 0 Å². The maximum absolute atomic E-state index is 12.2. The lowest BCUT2D eigenvalue weighted by molar-refractivity contribution is -0.144. The van der Waals surface area contributed by atoms with Crippen molar-refractivity contribution in [2.45, 2.75) is 13.0 Å². The molecule has 0 spiro atoms. The molecule has 1 aliphatic rings. The summed E-state index contributed by atoms with van der Waals surface area (Å²) in [5.41, 5.74) is 0.881. The first-order valence-electron chi connectivity index (χ1n) is 5.52. The number of carboxylic acid groups (broad SMARTS) is 1. The highest BCUT2D eigenvalue weighted by atomic mass is 32.2. The molecule has 7 heteroatoms. The van der Waals surface area contributed by atoms with Gasteiger partial charge in [-0.1, -0.05) is 24.0 Å². The molecule has 0 saturated carbocycles. The van der Waals surface area contributed by atoms with Gasteiger partial charge in [0.2, 0.25) is 0 Å². The van der Waals surface area contributed by atoms with Crippen molar-refractivity contribution in [3.05, 3.63) is 28.9 Å². The molecule has 0 aromatic carbocycles. The van der Waals surface area contributed by atoms with Gasteiger partial charge in [0.1, 0.15) is 10.4 Å². The molecule has 1 N–H and O–H groups in total. The standard InChI is InChI=1S/C12H12N2O3S2/c1-7(11(16)17)14-10(15)9(19-12(14)18)5-8-3-4-13(2)6-8/h3-7H,1-2H3,(H,16,17)/b9-5+/t7-/m1/s1. The summed E-state index contributed by atoms with van der Waals surface area (Å²) in [6.45, 7) is 1.44. The second-order valence-electron chi connectivity index (χ2n) is 4.18. The average molecular weight is 296 g/mol. The van der Waals surface area contributed by atoms with E-state index in [9.17, 15) is 9.59 Å². The molecule has 0 radical (unpaired) electrons. The van der Waals surface area contributed by atoms with Crippen LogP contribution in [0, 0.1) is 0 Å². The Hall–Kier alpha value is -1.60. The topological polar surface area (TPSA) is 62.5 Å². The molecule has 1 aromatic rings. The highest BCUT2D eigenvalue weighted by Crippen LogP contribution is 2.33. The SMILES string of the molecule is C[C@H](C(=O)O)N1C(=O)/C(=C\c2ccn(C)c2)SC1=S. The number of amides is 1. The Morgan fingerprint density at radius 1 is 1.58 bits per heavy atom. The van der Waals surface area contributed by atoms with E-state index in [0.29, 0.717) is 4.91 Å². The van der Waals surface area contributed by atoms with Crippen molar-refractivity contribution in [3.8, 4) is 0 Å². The molecule has 100 valence electrons. The molecule has 0 aliphatic carbocycles. The van der Waals surface area contributed by atoms with Crippen LogP contribution in [0.1, 0.15) is 12.5 Å².